The number of fused-ring (bicyclic) bond motifs is 5. The molecule has 6 heterocycles. The maximum atomic E-state index is 5.21. The summed E-state index contributed by atoms with van der Waals surface area (Å²) in [5, 5.41) is 4.99. The van der Waals surface area contributed by atoms with E-state index in [1.807, 2.05) is 104 Å². The Morgan fingerprint density at radius 2 is 0.804 bits per heavy atom. The van der Waals surface area contributed by atoms with Gasteiger partial charge in [0.25, 0.3) is 0 Å². The van der Waals surface area contributed by atoms with Gasteiger partial charge in [0.2, 0.25) is 0 Å². The lowest BCUT2D eigenvalue weighted by molar-refractivity contribution is 1.07. The van der Waals surface area contributed by atoms with Crippen molar-refractivity contribution >= 4 is 54.5 Å². The summed E-state index contributed by atoms with van der Waals surface area (Å²) in [5.41, 5.74) is 10.7. The predicted octanol–water partition coefficient (Wildman–Crippen LogP) is 10.9. The first-order chi connectivity index (χ1) is 27.7. The molecule has 0 fully saturated rings. The Morgan fingerprint density at radius 3 is 1.45 bits per heavy atom. The number of para-hydroxylation sites is 1. The molecule has 260 valence electrons. The van der Waals surface area contributed by atoms with Crippen LogP contribution in [0, 0.1) is 0 Å². The molecule has 0 N–H and O–H groups in total. The highest BCUT2D eigenvalue weighted by Gasteiger charge is 2.20. The van der Waals surface area contributed by atoms with Gasteiger partial charge in [-0.15, -0.1) is 0 Å². The number of benzene rings is 5. The van der Waals surface area contributed by atoms with Crippen molar-refractivity contribution in [2.75, 3.05) is 0 Å². The van der Waals surface area contributed by atoms with Crippen LogP contribution in [0.5, 0.6) is 0 Å². The van der Waals surface area contributed by atoms with Crippen LogP contribution >= 0.6 is 0 Å². The molecule has 0 radical (unpaired) electrons. The van der Waals surface area contributed by atoms with E-state index in [9.17, 15) is 0 Å². The quantitative estimate of drug-likeness (QED) is 0.162. The van der Waals surface area contributed by atoms with Crippen molar-refractivity contribution in [1.29, 1.82) is 0 Å². The summed E-state index contributed by atoms with van der Waals surface area (Å²) in [4.78, 5) is 39.6. The number of nitrogens with zero attached hydrogens (tertiary/aromatic N) is 8. The van der Waals surface area contributed by atoms with E-state index in [0.29, 0.717) is 17.5 Å². The lowest BCUT2D eigenvalue weighted by atomic mass is 9.90. The molecule has 8 nitrogen and oxygen atoms in total. The van der Waals surface area contributed by atoms with Gasteiger partial charge in [0.1, 0.15) is 0 Å². The molecule has 0 saturated heterocycles. The van der Waals surface area contributed by atoms with E-state index in [0.717, 1.165) is 93.5 Å². The van der Waals surface area contributed by atoms with E-state index in [1.165, 1.54) is 0 Å². The molecule has 0 aliphatic rings. The Balaban J connectivity index is 1.25. The molecule has 11 rings (SSSR count). The minimum atomic E-state index is 0.524. The highest BCUT2D eigenvalue weighted by Crippen LogP contribution is 2.42. The first-order valence-electron chi connectivity index (χ1n) is 18.3. The Kier molecular flexibility index (Phi) is 7.31. The molecule has 0 bridgehead atoms. The molecule has 8 heteroatoms. The molecular formula is C48H28N8. The molecule has 56 heavy (non-hydrogen) atoms. The molecule has 0 atom stereocenters. The van der Waals surface area contributed by atoms with E-state index in [4.69, 9.17) is 39.9 Å². The van der Waals surface area contributed by atoms with Crippen LogP contribution in [0.25, 0.3) is 111 Å². The van der Waals surface area contributed by atoms with E-state index < -0.39 is 0 Å². The molecule has 5 aromatic carbocycles. The van der Waals surface area contributed by atoms with Crippen LogP contribution in [0.2, 0.25) is 0 Å². The van der Waals surface area contributed by atoms with Gasteiger partial charge in [-0.25, -0.2) is 15.0 Å². The topological polar surface area (TPSA) is 103 Å². The second-order valence-electron chi connectivity index (χ2n) is 13.7. The molecule has 0 unspecified atom stereocenters. The summed E-state index contributed by atoms with van der Waals surface area (Å²) >= 11 is 0. The summed E-state index contributed by atoms with van der Waals surface area (Å²) in [7, 11) is 0. The third-order valence-electron chi connectivity index (χ3n) is 10.2. The minimum Gasteiger partial charge on any atom is -0.256 e. The van der Waals surface area contributed by atoms with Gasteiger partial charge in [0, 0.05) is 85.7 Å². The fourth-order valence-electron chi connectivity index (χ4n) is 7.70. The Hall–Kier alpha value is -7.84. The van der Waals surface area contributed by atoms with Crippen LogP contribution in [-0.2, 0) is 0 Å². The minimum absolute atomic E-state index is 0.524. The van der Waals surface area contributed by atoms with Gasteiger partial charge in [-0.05, 0) is 77.9 Å². The average Bonchev–Trinajstić information content (AvgIpc) is 3.27. The van der Waals surface area contributed by atoms with Crippen LogP contribution < -0.4 is 0 Å². The van der Waals surface area contributed by atoms with Gasteiger partial charge >= 0.3 is 0 Å². The lowest BCUT2D eigenvalue weighted by Crippen LogP contribution is -2.01. The van der Waals surface area contributed by atoms with Crippen LogP contribution in [0.15, 0.2) is 171 Å². The first kappa shape index (κ1) is 31.7. The van der Waals surface area contributed by atoms with Crippen molar-refractivity contribution in [1.82, 2.24) is 39.9 Å². The summed E-state index contributed by atoms with van der Waals surface area (Å²) < 4.78 is 0. The molecule has 11 aromatic rings. The molecule has 6 aromatic heterocycles. The van der Waals surface area contributed by atoms with E-state index in [1.54, 1.807) is 0 Å². The standard InChI is InChI=1S/C48H28N8/c1-2-10-29(11-3-1)46-54-47(56-48(55-46)36-22-30-12-4-5-17-39(30)53-28-36)35-24-33(42-37-15-8-18-49-40(37)26-31-13-6-20-51-44(31)42)23-34(25-35)43-38-16-9-19-50-41(38)27-32-14-7-21-52-45(32)43/h1-28H. The van der Waals surface area contributed by atoms with Crippen molar-refractivity contribution < 1.29 is 0 Å². The molecular weight excluding hydrogens is 689 g/mol. The first-order valence-corrected chi connectivity index (χ1v) is 18.3. The molecule has 0 spiro atoms. The Morgan fingerprint density at radius 1 is 0.304 bits per heavy atom. The van der Waals surface area contributed by atoms with Crippen molar-refractivity contribution in [2.45, 2.75) is 0 Å². The second-order valence-corrected chi connectivity index (χ2v) is 13.7. The maximum absolute atomic E-state index is 5.21. The number of pyridine rings is 5. The average molecular weight is 717 g/mol. The van der Waals surface area contributed by atoms with Gasteiger partial charge in [-0.2, -0.15) is 0 Å². The SMILES string of the molecule is c1ccc(-c2nc(-c3cc(-c4c5cccnc5cc5cccnc45)cc(-c4c5cccnc5cc5cccnc45)c3)nc(-c3cnc4ccccc4c3)n2)cc1. The van der Waals surface area contributed by atoms with Gasteiger partial charge in [0.05, 0.1) is 27.6 Å². The highest BCUT2D eigenvalue weighted by molar-refractivity contribution is 6.13. The number of hydrogen-bond donors (Lipinski definition) is 0. The summed E-state index contributed by atoms with van der Waals surface area (Å²) in [6, 6.07) is 47.1. The van der Waals surface area contributed by atoms with Crippen molar-refractivity contribution in [3.05, 3.63) is 171 Å². The fourth-order valence-corrected chi connectivity index (χ4v) is 7.70. The summed E-state index contributed by atoms with van der Waals surface area (Å²) in [6.07, 6.45) is 9.18. The largest absolute Gasteiger partial charge is 0.256 e. The van der Waals surface area contributed by atoms with Gasteiger partial charge in [0.15, 0.2) is 17.5 Å². The van der Waals surface area contributed by atoms with E-state index >= 15 is 0 Å². The smallest absolute Gasteiger partial charge is 0.165 e. The van der Waals surface area contributed by atoms with Crippen LogP contribution in [0.4, 0.5) is 0 Å². The Labute approximate surface area is 320 Å². The zero-order valence-corrected chi connectivity index (χ0v) is 29.7. The van der Waals surface area contributed by atoms with Gasteiger partial charge < -0.3 is 0 Å². The zero-order chi connectivity index (χ0) is 37.0. The molecule has 0 saturated carbocycles. The summed E-state index contributed by atoms with van der Waals surface area (Å²) in [6.45, 7) is 0. The fraction of sp³-hybridized carbons (Fsp3) is 0. The number of rotatable bonds is 5. The highest BCUT2D eigenvalue weighted by atomic mass is 15.0. The van der Waals surface area contributed by atoms with Gasteiger partial charge in [-0.1, -0.05) is 72.8 Å². The number of aromatic nitrogens is 8. The molecule has 0 amide bonds. The maximum Gasteiger partial charge on any atom is 0.165 e. The third kappa shape index (κ3) is 5.39. The van der Waals surface area contributed by atoms with Crippen LogP contribution in [0.3, 0.4) is 0 Å². The van der Waals surface area contributed by atoms with Crippen LogP contribution in [0.1, 0.15) is 0 Å². The molecule has 0 aliphatic carbocycles. The van der Waals surface area contributed by atoms with Crippen molar-refractivity contribution in [3.63, 3.8) is 0 Å². The zero-order valence-electron chi connectivity index (χ0n) is 29.7. The van der Waals surface area contributed by atoms with E-state index in [-0.39, 0.29) is 0 Å². The van der Waals surface area contributed by atoms with Crippen molar-refractivity contribution in [2.24, 2.45) is 0 Å². The summed E-state index contributed by atoms with van der Waals surface area (Å²) in [5.74, 6) is 1.62. The monoisotopic (exact) mass is 716 g/mol. The van der Waals surface area contributed by atoms with E-state index in [2.05, 4.69) is 66.7 Å². The molecule has 0 aliphatic heterocycles. The second kappa shape index (κ2) is 12.9. The van der Waals surface area contributed by atoms with Crippen molar-refractivity contribution in [3.8, 4) is 56.4 Å². The van der Waals surface area contributed by atoms with Crippen LogP contribution in [-0.4, -0.2) is 39.9 Å². The van der Waals surface area contributed by atoms with Gasteiger partial charge in [-0.3, -0.25) is 24.9 Å². The third-order valence-corrected chi connectivity index (χ3v) is 10.2. The normalized spacial score (nSPS) is 11.6. The predicted molar refractivity (Wildman–Crippen MR) is 224 cm³/mol. The number of hydrogen-bond acceptors (Lipinski definition) is 8. The lowest BCUT2D eigenvalue weighted by Gasteiger charge is -2.16. The Bertz CT molecular complexity index is 3080.